The SMILES string of the molecule is CN(CCl)C(=O)Oc1ccc(C(F)(C(F)(F)F)C(F)(F)F)cc1. The molecule has 0 saturated carbocycles. The van der Waals surface area contributed by atoms with Crippen LogP contribution in [-0.2, 0) is 5.67 Å². The van der Waals surface area contributed by atoms with Gasteiger partial charge in [-0.1, -0.05) is 12.1 Å². The van der Waals surface area contributed by atoms with Gasteiger partial charge in [0.1, 0.15) is 5.75 Å². The average Bonchev–Trinajstić information content (AvgIpc) is 2.43. The normalized spacial score (nSPS) is 12.9. The Morgan fingerprint density at radius 1 is 1.04 bits per heavy atom. The lowest BCUT2D eigenvalue weighted by atomic mass is 9.94. The second-order valence-electron chi connectivity index (χ2n) is 4.36. The van der Waals surface area contributed by atoms with Gasteiger partial charge in [0.15, 0.2) is 0 Å². The van der Waals surface area contributed by atoms with Gasteiger partial charge in [-0.3, -0.25) is 4.90 Å². The molecule has 0 aliphatic carbocycles. The van der Waals surface area contributed by atoms with Crippen LogP contribution in [0, 0.1) is 0 Å². The van der Waals surface area contributed by atoms with Crippen LogP contribution in [0.1, 0.15) is 5.56 Å². The Labute approximate surface area is 130 Å². The molecule has 0 aliphatic rings. The van der Waals surface area contributed by atoms with Crippen LogP contribution in [0.4, 0.5) is 35.5 Å². The number of rotatable bonds is 3. The molecule has 0 atom stereocenters. The van der Waals surface area contributed by atoms with Crippen molar-refractivity contribution in [3.63, 3.8) is 0 Å². The highest BCUT2D eigenvalue weighted by atomic mass is 35.5. The topological polar surface area (TPSA) is 29.5 Å². The Bertz CT molecular complexity index is 542. The minimum absolute atomic E-state index is 0.240. The van der Waals surface area contributed by atoms with E-state index in [1.165, 1.54) is 7.05 Å². The van der Waals surface area contributed by atoms with E-state index in [0.717, 1.165) is 4.90 Å². The number of ether oxygens (including phenoxy) is 1. The van der Waals surface area contributed by atoms with Crippen LogP contribution in [0.25, 0.3) is 0 Å². The van der Waals surface area contributed by atoms with Crippen LogP contribution in [0.3, 0.4) is 0 Å². The summed E-state index contributed by atoms with van der Waals surface area (Å²) in [5.74, 6) is -0.373. The number of hydrogen-bond acceptors (Lipinski definition) is 2. The molecule has 1 rings (SSSR count). The van der Waals surface area contributed by atoms with Crippen LogP contribution in [0.15, 0.2) is 24.3 Å². The maximum absolute atomic E-state index is 13.7. The van der Waals surface area contributed by atoms with Crippen molar-refractivity contribution in [2.75, 3.05) is 13.1 Å². The van der Waals surface area contributed by atoms with Gasteiger partial charge in [0, 0.05) is 12.6 Å². The van der Waals surface area contributed by atoms with E-state index in [9.17, 15) is 35.5 Å². The van der Waals surface area contributed by atoms with Crippen molar-refractivity contribution in [2.24, 2.45) is 0 Å². The van der Waals surface area contributed by atoms with Gasteiger partial charge < -0.3 is 4.74 Å². The van der Waals surface area contributed by atoms with Gasteiger partial charge in [-0.15, -0.1) is 11.6 Å². The number of amides is 1. The molecule has 0 unspecified atom stereocenters. The first-order valence-corrected chi connectivity index (χ1v) is 6.30. The van der Waals surface area contributed by atoms with Gasteiger partial charge in [0.25, 0.3) is 0 Å². The number of benzene rings is 1. The Kier molecular flexibility index (Phi) is 5.40. The second kappa shape index (κ2) is 6.42. The molecule has 0 saturated heterocycles. The van der Waals surface area contributed by atoms with Crippen molar-refractivity contribution in [2.45, 2.75) is 18.0 Å². The molecule has 11 heteroatoms. The fraction of sp³-hybridized carbons (Fsp3) is 0.417. The van der Waals surface area contributed by atoms with E-state index in [1.54, 1.807) is 0 Å². The first-order chi connectivity index (χ1) is 10.3. The molecular formula is C12H9ClF7NO2. The molecule has 0 bridgehead atoms. The molecule has 23 heavy (non-hydrogen) atoms. The highest BCUT2D eigenvalue weighted by Gasteiger charge is 2.73. The van der Waals surface area contributed by atoms with E-state index >= 15 is 0 Å². The van der Waals surface area contributed by atoms with Crippen molar-refractivity contribution >= 4 is 17.7 Å². The standard InChI is InChI=1S/C12H9ClF7NO2/c1-21(6-13)9(22)23-8-4-2-7(3-5-8)10(14,11(15,16)17)12(18,19)20/h2-5H,6H2,1H3. The van der Waals surface area contributed by atoms with Crippen molar-refractivity contribution in [3.8, 4) is 5.75 Å². The monoisotopic (exact) mass is 367 g/mol. The molecule has 1 aromatic rings. The van der Waals surface area contributed by atoms with E-state index in [2.05, 4.69) is 4.74 Å². The lowest BCUT2D eigenvalue weighted by molar-refractivity contribution is -0.348. The molecule has 1 amide bonds. The highest BCUT2D eigenvalue weighted by Crippen LogP contribution is 2.53. The summed E-state index contributed by atoms with van der Waals surface area (Å²) in [6.07, 6.45) is -13.4. The van der Waals surface area contributed by atoms with Crippen LogP contribution < -0.4 is 4.74 Å². The fourth-order valence-electron chi connectivity index (χ4n) is 1.47. The number of halogens is 8. The third-order valence-electron chi connectivity index (χ3n) is 2.73. The second-order valence-corrected chi connectivity index (χ2v) is 4.60. The first-order valence-electron chi connectivity index (χ1n) is 5.76. The molecule has 0 aromatic heterocycles. The van der Waals surface area contributed by atoms with E-state index in [1.807, 2.05) is 0 Å². The van der Waals surface area contributed by atoms with Crippen LogP contribution in [0.2, 0.25) is 0 Å². The summed E-state index contributed by atoms with van der Waals surface area (Å²) in [4.78, 5) is 12.2. The number of carbonyl (C=O) groups excluding carboxylic acids is 1. The third kappa shape index (κ3) is 3.80. The van der Waals surface area contributed by atoms with Gasteiger partial charge in [0.05, 0.1) is 6.00 Å². The van der Waals surface area contributed by atoms with Gasteiger partial charge in [0.2, 0.25) is 0 Å². The van der Waals surface area contributed by atoms with Gasteiger partial charge in [-0.05, 0) is 12.1 Å². The first kappa shape index (κ1) is 19.3. The van der Waals surface area contributed by atoms with E-state index in [-0.39, 0.29) is 23.9 Å². The fourth-order valence-corrected chi connectivity index (χ4v) is 1.57. The molecule has 130 valence electrons. The molecular weight excluding hydrogens is 359 g/mol. The molecule has 0 N–H and O–H groups in total. The Morgan fingerprint density at radius 3 is 1.83 bits per heavy atom. The zero-order valence-electron chi connectivity index (χ0n) is 11.3. The van der Waals surface area contributed by atoms with Gasteiger partial charge in [-0.25, -0.2) is 9.18 Å². The smallest absolute Gasteiger partial charge is 0.410 e. The minimum atomic E-state index is -6.21. The summed E-state index contributed by atoms with van der Waals surface area (Å²) in [5.41, 5.74) is -7.21. The van der Waals surface area contributed by atoms with Crippen molar-refractivity contribution in [3.05, 3.63) is 29.8 Å². The summed E-state index contributed by atoms with van der Waals surface area (Å²) in [5, 5.41) is 0. The number of alkyl halides is 8. The van der Waals surface area contributed by atoms with Crippen LogP contribution >= 0.6 is 11.6 Å². The third-order valence-corrected chi connectivity index (χ3v) is 3.09. The predicted octanol–water partition coefficient (Wildman–Crippen LogP) is 4.60. The summed E-state index contributed by atoms with van der Waals surface area (Å²) in [6, 6.07) is 1.45. The largest absolute Gasteiger partial charge is 0.435 e. The molecule has 0 aliphatic heterocycles. The molecule has 0 fully saturated rings. The Balaban J connectivity index is 3.13. The number of hydrogen-bond donors (Lipinski definition) is 0. The summed E-state index contributed by atoms with van der Waals surface area (Å²) in [7, 11) is 1.24. The van der Waals surface area contributed by atoms with E-state index in [4.69, 9.17) is 11.6 Å². The summed E-state index contributed by atoms with van der Waals surface area (Å²) >= 11 is 5.32. The predicted molar refractivity (Wildman–Crippen MR) is 65.8 cm³/mol. The minimum Gasteiger partial charge on any atom is -0.410 e. The van der Waals surface area contributed by atoms with Crippen LogP contribution in [0.5, 0.6) is 5.75 Å². The van der Waals surface area contributed by atoms with Gasteiger partial charge >= 0.3 is 24.1 Å². The summed E-state index contributed by atoms with van der Waals surface area (Å²) < 4.78 is 93.6. The summed E-state index contributed by atoms with van der Waals surface area (Å²) in [6.45, 7) is 0. The molecule has 3 nitrogen and oxygen atoms in total. The molecule has 1 aromatic carbocycles. The molecule has 0 radical (unpaired) electrons. The maximum atomic E-state index is 13.7. The quantitative estimate of drug-likeness (QED) is 0.444. The van der Waals surface area contributed by atoms with E-state index in [0.29, 0.717) is 12.1 Å². The highest BCUT2D eigenvalue weighted by molar-refractivity contribution is 6.18. The van der Waals surface area contributed by atoms with Crippen molar-refractivity contribution < 1.29 is 40.3 Å². The number of carbonyl (C=O) groups is 1. The Hall–Kier alpha value is -1.71. The zero-order chi connectivity index (χ0) is 18.1. The number of nitrogens with zero attached hydrogens (tertiary/aromatic N) is 1. The van der Waals surface area contributed by atoms with Crippen molar-refractivity contribution in [1.82, 2.24) is 4.90 Å². The Morgan fingerprint density at radius 2 is 1.48 bits per heavy atom. The zero-order valence-corrected chi connectivity index (χ0v) is 12.1. The molecule has 0 spiro atoms. The lowest BCUT2D eigenvalue weighted by Crippen LogP contribution is -2.50. The van der Waals surface area contributed by atoms with Crippen molar-refractivity contribution in [1.29, 1.82) is 0 Å². The molecule has 0 heterocycles. The van der Waals surface area contributed by atoms with Crippen LogP contribution in [-0.4, -0.2) is 36.4 Å². The van der Waals surface area contributed by atoms with E-state index < -0.39 is 29.7 Å². The average molecular weight is 368 g/mol. The lowest BCUT2D eigenvalue weighted by Gasteiger charge is -2.30. The maximum Gasteiger partial charge on any atom is 0.435 e. The van der Waals surface area contributed by atoms with Gasteiger partial charge in [-0.2, -0.15) is 26.3 Å².